The highest BCUT2D eigenvalue weighted by Gasteiger charge is 2.26. The molecule has 16 heavy (non-hydrogen) atoms. The highest BCUT2D eigenvalue weighted by Crippen LogP contribution is 2.23. The number of ketones is 1. The molecule has 0 saturated carbocycles. The van der Waals surface area contributed by atoms with Gasteiger partial charge in [0, 0.05) is 10.7 Å². The Kier molecular flexibility index (Phi) is 6.29. The summed E-state index contributed by atoms with van der Waals surface area (Å²) >= 11 is 1.29. The number of hydrogen-bond donors (Lipinski definition) is 1. The molecule has 2 nitrogen and oxygen atoms in total. The third kappa shape index (κ3) is 5.88. The Hall–Kier alpha value is -0.870. The molecule has 0 rings (SSSR count). The smallest absolute Gasteiger partial charge is 0.161 e. The topological polar surface area (TPSA) is 37.3 Å². The van der Waals surface area contributed by atoms with Crippen molar-refractivity contribution >= 4 is 17.5 Å². The average Bonchev–Trinajstić information content (AvgIpc) is 2.17. The molecule has 90 valence electrons. The molecule has 1 unspecified atom stereocenters. The lowest BCUT2D eigenvalue weighted by molar-refractivity contribution is -0.131. The summed E-state index contributed by atoms with van der Waals surface area (Å²) in [6.07, 6.45) is 4.58. The van der Waals surface area contributed by atoms with Gasteiger partial charge in [-0.05, 0) is 32.9 Å². The van der Waals surface area contributed by atoms with Crippen molar-refractivity contribution in [2.75, 3.05) is 5.75 Å². The first kappa shape index (κ1) is 15.1. The fourth-order valence-electron chi connectivity index (χ4n) is 0.726. The van der Waals surface area contributed by atoms with Gasteiger partial charge in [0.2, 0.25) is 0 Å². The Labute approximate surface area is 99.9 Å². The fraction of sp³-hybridized carbons (Fsp3) is 0.417. The second-order valence-electron chi connectivity index (χ2n) is 3.59. The minimum absolute atomic E-state index is 0.241. The van der Waals surface area contributed by atoms with Crippen molar-refractivity contribution < 1.29 is 14.3 Å². The first-order valence-electron chi connectivity index (χ1n) is 4.84. The highest BCUT2D eigenvalue weighted by molar-refractivity contribution is 8.03. The van der Waals surface area contributed by atoms with Gasteiger partial charge in [0.25, 0.3) is 0 Å². The van der Waals surface area contributed by atoms with Crippen LogP contribution in [0, 0.1) is 0 Å². The highest BCUT2D eigenvalue weighted by atomic mass is 32.2. The molecule has 0 aliphatic carbocycles. The first-order valence-corrected chi connectivity index (χ1v) is 5.83. The molecule has 0 aliphatic heterocycles. The maximum absolute atomic E-state index is 12.4. The van der Waals surface area contributed by atoms with Crippen LogP contribution >= 0.6 is 11.8 Å². The molecule has 0 aromatic heterocycles. The minimum atomic E-state index is -1.35. The zero-order valence-electron chi connectivity index (χ0n) is 9.79. The predicted octanol–water partition coefficient (Wildman–Crippen LogP) is 3.00. The van der Waals surface area contributed by atoms with Crippen LogP contribution in [0.5, 0.6) is 0 Å². The second kappa shape index (κ2) is 6.66. The monoisotopic (exact) mass is 244 g/mol. The van der Waals surface area contributed by atoms with Crippen LogP contribution in [0.2, 0.25) is 0 Å². The number of carbonyl (C=O) groups is 1. The maximum Gasteiger partial charge on any atom is 0.161 e. The van der Waals surface area contributed by atoms with Crippen LogP contribution in [0.4, 0.5) is 4.39 Å². The summed E-state index contributed by atoms with van der Waals surface area (Å²) in [6, 6.07) is 0. The van der Waals surface area contributed by atoms with Crippen LogP contribution in [0.1, 0.15) is 20.8 Å². The van der Waals surface area contributed by atoms with Gasteiger partial charge >= 0.3 is 0 Å². The van der Waals surface area contributed by atoms with Crippen molar-refractivity contribution in [2.24, 2.45) is 0 Å². The molecule has 0 fully saturated rings. The van der Waals surface area contributed by atoms with E-state index in [1.807, 2.05) is 0 Å². The van der Waals surface area contributed by atoms with Crippen molar-refractivity contribution in [2.45, 2.75) is 26.4 Å². The molecule has 1 N–H and O–H groups in total. The molecule has 0 spiro atoms. The number of hydrogen-bond acceptors (Lipinski definition) is 3. The van der Waals surface area contributed by atoms with E-state index in [9.17, 15) is 14.3 Å². The minimum Gasteiger partial charge on any atom is -0.382 e. The van der Waals surface area contributed by atoms with Crippen molar-refractivity contribution in [1.29, 1.82) is 0 Å². The summed E-state index contributed by atoms with van der Waals surface area (Å²) < 4.78 is 12.4. The molecule has 0 radical (unpaired) electrons. The second-order valence-corrected chi connectivity index (χ2v) is 4.64. The van der Waals surface area contributed by atoms with Gasteiger partial charge in [-0.15, -0.1) is 11.8 Å². The summed E-state index contributed by atoms with van der Waals surface area (Å²) in [5, 5.41) is 9.70. The lowest BCUT2D eigenvalue weighted by Crippen LogP contribution is -2.35. The Morgan fingerprint density at radius 2 is 2.12 bits per heavy atom. The van der Waals surface area contributed by atoms with E-state index < -0.39 is 11.4 Å². The Bertz CT molecular complexity index is 330. The normalized spacial score (nSPS) is 16.2. The third-order valence-electron chi connectivity index (χ3n) is 1.99. The van der Waals surface area contributed by atoms with Crippen LogP contribution in [-0.4, -0.2) is 22.2 Å². The van der Waals surface area contributed by atoms with E-state index in [0.717, 1.165) is 4.91 Å². The van der Waals surface area contributed by atoms with Crippen molar-refractivity contribution in [3.63, 3.8) is 0 Å². The van der Waals surface area contributed by atoms with E-state index >= 15 is 0 Å². The Morgan fingerprint density at radius 1 is 1.56 bits per heavy atom. The van der Waals surface area contributed by atoms with Crippen LogP contribution in [0.3, 0.4) is 0 Å². The molecule has 1 atom stereocenters. The molecular formula is C12H17FO2S. The van der Waals surface area contributed by atoms with Crippen molar-refractivity contribution in [3.8, 4) is 0 Å². The number of Topliss-reactive ketones (excluding diaryl/α,β-unsaturated/α-hetero) is 1. The molecule has 0 aromatic rings. The van der Waals surface area contributed by atoms with E-state index in [-0.39, 0.29) is 11.5 Å². The zero-order chi connectivity index (χ0) is 12.8. The molecule has 0 saturated heterocycles. The van der Waals surface area contributed by atoms with E-state index in [1.54, 1.807) is 19.1 Å². The number of halogens is 1. The quantitative estimate of drug-likeness (QED) is 0.730. The molecule has 0 heterocycles. The number of aliphatic hydroxyl groups is 1. The summed E-state index contributed by atoms with van der Waals surface area (Å²) in [6.45, 7) is 7.71. The number of thioether (sulfide) groups is 1. The lowest BCUT2D eigenvalue weighted by Gasteiger charge is -2.19. The molecule has 0 bridgehead atoms. The maximum atomic E-state index is 12.4. The van der Waals surface area contributed by atoms with Crippen LogP contribution < -0.4 is 0 Å². The van der Waals surface area contributed by atoms with Crippen LogP contribution in [0.15, 0.2) is 35.5 Å². The molecular weight excluding hydrogens is 227 g/mol. The van der Waals surface area contributed by atoms with Gasteiger partial charge in [-0.2, -0.15) is 0 Å². The number of allylic oxidation sites excluding steroid dienone is 4. The summed E-state index contributed by atoms with van der Waals surface area (Å²) in [4.78, 5) is 11.8. The van der Waals surface area contributed by atoms with Gasteiger partial charge in [0.15, 0.2) is 5.78 Å². The molecule has 4 heteroatoms. The average molecular weight is 244 g/mol. The van der Waals surface area contributed by atoms with Gasteiger partial charge < -0.3 is 5.11 Å². The van der Waals surface area contributed by atoms with Gasteiger partial charge in [-0.3, -0.25) is 4.79 Å². The number of rotatable bonds is 6. The zero-order valence-corrected chi connectivity index (χ0v) is 10.6. The molecule has 0 aliphatic rings. The van der Waals surface area contributed by atoms with Crippen molar-refractivity contribution in [3.05, 3.63) is 35.5 Å². The lowest BCUT2D eigenvalue weighted by atomic mass is 10.1. The Morgan fingerprint density at radius 3 is 2.50 bits per heavy atom. The van der Waals surface area contributed by atoms with Crippen LogP contribution in [0.25, 0.3) is 0 Å². The third-order valence-corrected chi connectivity index (χ3v) is 3.40. The van der Waals surface area contributed by atoms with Gasteiger partial charge in [0.1, 0.15) is 11.4 Å². The number of carbonyl (C=O) groups excluding carboxylic acids is 1. The van der Waals surface area contributed by atoms with E-state index in [1.165, 1.54) is 31.7 Å². The largest absolute Gasteiger partial charge is 0.382 e. The van der Waals surface area contributed by atoms with E-state index in [0.29, 0.717) is 0 Å². The fourth-order valence-corrected chi connectivity index (χ4v) is 1.71. The molecule has 0 amide bonds. The molecule has 0 aromatic carbocycles. The predicted molar refractivity (Wildman–Crippen MR) is 66.9 cm³/mol. The summed E-state index contributed by atoms with van der Waals surface area (Å²) in [5.41, 5.74) is -1.35. The Balaban J connectivity index is 4.38. The van der Waals surface area contributed by atoms with Gasteiger partial charge in [0.05, 0.1) is 0 Å². The van der Waals surface area contributed by atoms with Gasteiger partial charge in [-0.25, -0.2) is 4.39 Å². The van der Waals surface area contributed by atoms with Gasteiger partial charge in [-0.1, -0.05) is 12.7 Å². The summed E-state index contributed by atoms with van der Waals surface area (Å²) in [7, 11) is 0. The first-order chi connectivity index (χ1) is 7.29. The van der Waals surface area contributed by atoms with E-state index in [4.69, 9.17) is 0 Å². The van der Waals surface area contributed by atoms with Crippen LogP contribution in [-0.2, 0) is 4.79 Å². The summed E-state index contributed by atoms with van der Waals surface area (Å²) in [5.74, 6) is -0.571. The standard InChI is InChI=1S/C12H17FO2S/c1-5-11(7-6-9(2)13)16-8-12(4,15)10(3)14/h5-7,15H,2,8H2,1,3-4H3/b7-6-,11-5+. The SMILES string of the molecule is C=C(F)/C=C\C(=C/C)SCC(C)(O)C(C)=O. The van der Waals surface area contributed by atoms with Crippen molar-refractivity contribution in [1.82, 2.24) is 0 Å². The van der Waals surface area contributed by atoms with E-state index in [2.05, 4.69) is 6.58 Å².